The number of hydrogen-bond donors (Lipinski definition) is 2. The normalized spacial score (nSPS) is 16.4. The minimum atomic E-state index is -4.33. The second-order valence-electron chi connectivity index (χ2n) is 10.5. The van der Waals surface area contributed by atoms with Crippen LogP contribution in [0.4, 0.5) is 10.1 Å². The largest absolute Gasteiger partial charge is 0.325 e. The Kier molecular flexibility index (Phi) is 9.02. The minimum Gasteiger partial charge on any atom is -0.325 e. The molecule has 1 saturated carbocycles. The molecule has 230 valence electrons. The van der Waals surface area contributed by atoms with Crippen molar-refractivity contribution in [2.75, 3.05) is 25.0 Å². The molecular weight excluding hydrogens is 620 g/mol. The summed E-state index contributed by atoms with van der Waals surface area (Å²) in [7, 11) is -11.8. The molecule has 2 aliphatic rings. The molecule has 5 rings (SSSR count). The fourth-order valence-corrected chi connectivity index (χ4v) is 8.80. The molecule has 1 aliphatic heterocycles. The van der Waals surface area contributed by atoms with Crippen LogP contribution in [-0.2, 0) is 41.4 Å². The van der Waals surface area contributed by atoms with Crippen molar-refractivity contribution in [3.63, 3.8) is 0 Å². The first-order chi connectivity index (χ1) is 20.3. The molecule has 1 saturated heterocycles. The van der Waals surface area contributed by atoms with Gasteiger partial charge in [0.1, 0.15) is 5.82 Å². The number of hydrogen-bond acceptors (Lipinski definition) is 7. The van der Waals surface area contributed by atoms with Crippen LogP contribution in [0.25, 0.3) is 0 Å². The predicted molar refractivity (Wildman–Crippen MR) is 157 cm³/mol. The molecule has 15 heteroatoms. The number of benzene rings is 3. The highest BCUT2D eigenvalue weighted by molar-refractivity contribution is 7.90. The monoisotopic (exact) mass is 650 g/mol. The van der Waals surface area contributed by atoms with E-state index in [9.17, 15) is 34.4 Å². The molecule has 0 atom stereocenters. The van der Waals surface area contributed by atoms with Crippen LogP contribution in [0.2, 0.25) is 0 Å². The highest BCUT2D eigenvalue weighted by atomic mass is 32.2. The van der Waals surface area contributed by atoms with Gasteiger partial charge < -0.3 is 5.32 Å². The summed E-state index contributed by atoms with van der Waals surface area (Å²) in [5.74, 6) is -1.21. The smallest absolute Gasteiger partial charge is 0.243 e. The van der Waals surface area contributed by atoms with Gasteiger partial charge in [0.25, 0.3) is 0 Å². The third kappa shape index (κ3) is 7.48. The third-order valence-electron chi connectivity index (χ3n) is 7.10. The number of amides is 1. The van der Waals surface area contributed by atoms with Crippen LogP contribution >= 0.6 is 0 Å². The molecule has 1 amide bonds. The van der Waals surface area contributed by atoms with Gasteiger partial charge in [0.2, 0.25) is 36.0 Å². The van der Waals surface area contributed by atoms with E-state index in [0.29, 0.717) is 18.7 Å². The Labute approximate surface area is 250 Å². The van der Waals surface area contributed by atoms with E-state index in [-0.39, 0.29) is 33.0 Å². The Morgan fingerprint density at radius 2 is 1.35 bits per heavy atom. The van der Waals surface area contributed by atoms with Crippen LogP contribution in [0.1, 0.15) is 31.2 Å². The summed E-state index contributed by atoms with van der Waals surface area (Å²) < 4.78 is 96.2. The molecule has 0 bridgehead atoms. The van der Waals surface area contributed by atoms with E-state index in [1.807, 2.05) is 0 Å². The first-order valence-corrected chi connectivity index (χ1v) is 18.0. The van der Waals surface area contributed by atoms with Gasteiger partial charge in [0.05, 0.1) is 21.2 Å². The maximum absolute atomic E-state index is 13.7. The van der Waals surface area contributed by atoms with Gasteiger partial charge in [-0.1, -0.05) is 12.1 Å². The van der Waals surface area contributed by atoms with Crippen molar-refractivity contribution in [3.8, 4) is 0 Å². The number of anilines is 1. The summed E-state index contributed by atoms with van der Waals surface area (Å²) in [6, 6.07) is 15.3. The lowest BCUT2D eigenvalue weighted by Gasteiger charge is -2.22. The fourth-order valence-electron chi connectivity index (χ4n) is 4.60. The second-order valence-corrected chi connectivity index (χ2v) is 16.0. The van der Waals surface area contributed by atoms with Gasteiger partial charge in [-0.05, 0) is 91.9 Å². The lowest BCUT2D eigenvalue weighted by molar-refractivity contribution is -0.116. The zero-order chi connectivity index (χ0) is 30.8. The van der Waals surface area contributed by atoms with E-state index in [2.05, 4.69) is 10.0 Å². The molecule has 1 heterocycles. The third-order valence-corrected chi connectivity index (χ3v) is 12.4. The van der Waals surface area contributed by atoms with E-state index in [1.165, 1.54) is 65.0 Å². The van der Waals surface area contributed by atoms with Crippen LogP contribution < -0.4 is 10.0 Å². The summed E-state index contributed by atoms with van der Waals surface area (Å²) in [6.45, 7) is 0.00726. The van der Waals surface area contributed by atoms with Crippen LogP contribution in [0.5, 0.6) is 0 Å². The first-order valence-electron chi connectivity index (χ1n) is 13.6. The van der Waals surface area contributed by atoms with Crippen molar-refractivity contribution in [1.82, 2.24) is 13.3 Å². The summed E-state index contributed by atoms with van der Waals surface area (Å²) >= 11 is 0. The molecule has 0 spiro atoms. The van der Waals surface area contributed by atoms with Gasteiger partial charge >= 0.3 is 0 Å². The Hall–Kier alpha value is -3.21. The lowest BCUT2D eigenvalue weighted by atomic mass is 10.2. The van der Waals surface area contributed by atoms with Gasteiger partial charge in [-0.15, -0.1) is 0 Å². The summed E-state index contributed by atoms with van der Waals surface area (Å²) in [5, 5.41) is 2.59. The topological polar surface area (TPSA) is 150 Å². The van der Waals surface area contributed by atoms with E-state index < -0.39 is 48.3 Å². The average Bonchev–Trinajstić information content (AvgIpc) is 3.58. The molecular formula is C28H31FN4O7S3. The standard InChI is InChI=1S/C28H31FN4O7S3/c29-22-5-3-21(4-6-22)19-33(43(39,40)27-15-13-25(14-16-27)41(35,36)31-24-7-8-24)20-28(34)30-23-9-11-26(12-10-23)42(37,38)32-17-1-2-18-32/h3-6,9-16,24,31H,1-2,7-8,17-20H2,(H,30,34). The van der Waals surface area contributed by atoms with Crippen molar-refractivity contribution in [1.29, 1.82) is 0 Å². The SMILES string of the molecule is O=C(CN(Cc1ccc(F)cc1)S(=O)(=O)c1ccc(S(=O)(=O)NC2CC2)cc1)Nc1ccc(S(=O)(=O)N2CCCC2)cc1. The summed E-state index contributed by atoms with van der Waals surface area (Å²) in [5.41, 5.74) is 0.685. The summed E-state index contributed by atoms with van der Waals surface area (Å²) in [4.78, 5) is 12.8. The van der Waals surface area contributed by atoms with Gasteiger partial charge in [0, 0.05) is 31.4 Å². The highest BCUT2D eigenvalue weighted by Crippen LogP contribution is 2.25. The summed E-state index contributed by atoms with van der Waals surface area (Å²) in [6.07, 6.45) is 3.08. The zero-order valence-electron chi connectivity index (χ0n) is 23.0. The molecule has 0 aromatic heterocycles. The number of halogens is 1. The number of carbonyl (C=O) groups is 1. The van der Waals surface area contributed by atoms with E-state index >= 15 is 0 Å². The molecule has 0 radical (unpaired) electrons. The molecule has 11 nitrogen and oxygen atoms in total. The van der Waals surface area contributed by atoms with Crippen molar-refractivity contribution in [2.45, 2.75) is 53.0 Å². The van der Waals surface area contributed by atoms with Crippen LogP contribution in [0.15, 0.2) is 87.5 Å². The van der Waals surface area contributed by atoms with Crippen molar-refractivity contribution in [3.05, 3.63) is 84.2 Å². The van der Waals surface area contributed by atoms with Crippen LogP contribution in [0.3, 0.4) is 0 Å². The molecule has 43 heavy (non-hydrogen) atoms. The second kappa shape index (κ2) is 12.4. The number of rotatable bonds is 12. The average molecular weight is 651 g/mol. The van der Waals surface area contributed by atoms with E-state index in [1.54, 1.807) is 0 Å². The predicted octanol–water partition coefficient (Wildman–Crippen LogP) is 2.88. The Morgan fingerprint density at radius 3 is 1.93 bits per heavy atom. The van der Waals surface area contributed by atoms with Gasteiger partial charge in [-0.2, -0.15) is 8.61 Å². The Balaban J connectivity index is 1.34. The quantitative estimate of drug-likeness (QED) is 0.306. The van der Waals surface area contributed by atoms with Crippen LogP contribution in [-0.4, -0.2) is 65.4 Å². The number of carbonyl (C=O) groups excluding carboxylic acids is 1. The molecule has 3 aromatic rings. The van der Waals surface area contributed by atoms with E-state index in [0.717, 1.165) is 42.1 Å². The number of nitrogens with zero attached hydrogens (tertiary/aromatic N) is 2. The van der Waals surface area contributed by atoms with E-state index in [4.69, 9.17) is 0 Å². The lowest BCUT2D eigenvalue weighted by Crippen LogP contribution is -2.37. The first kappa shape index (κ1) is 31.2. The number of nitrogens with one attached hydrogen (secondary N) is 2. The molecule has 1 aliphatic carbocycles. The van der Waals surface area contributed by atoms with Gasteiger partial charge in [-0.25, -0.2) is 34.4 Å². The molecule has 2 N–H and O–H groups in total. The maximum Gasteiger partial charge on any atom is 0.243 e. The maximum atomic E-state index is 13.7. The van der Waals surface area contributed by atoms with Gasteiger partial charge in [-0.3, -0.25) is 4.79 Å². The number of sulfonamides is 3. The van der Waals surface area contributed by atoms with Crippen molar-refractivity contribution >= 4 is 41.7 Å². The van der Waals surface area contributed by atoms with Crippen LogP contribution in [0, 0.1) is 5.82 Å². The molecule has 0 unspecified atom stereocenters. The van der Waals surface area contributed by atoms with Gasteiger partial charge in [0.15, 0.2) is 0 Å². The van der Waals surface area contributed by atoms with Crippen molar-refractivity contribution in [2.24, 2.45) is 0 Å². The fraction of sp³-hybridized carbons (Fsp3) is 0.321. The Bertz CT molecular complexity index is 1790. The molecule has 2 fully saturated rings. The zero-order valence-corrected chi connectivity index (χ0v) is 25.5. The van der Waals surface area contributed by atoms with Crippen molar-refractivity contribution < 1.29 is 34.4 Å². The molecule has 3 aromatic carbocycles. The highest BCUT2D eigenvalue weighted by Gasteiger charge is 2.31. The Morgan fingerprint density at radius 1 is 0.791 bits per heavy atom. The minimum absolute atomic E-state index is 0.0867.